The van der Waals surface area contributed by atoms with Crippen LogP contribution in [-0.2, 0) is 9.59 Å². The second kappa shape index (κ2) is 8.29. The Morgan fingerprint density at radius 1 is 1.12 bits per heavy atom. The summed E-state index contributed by atoms with van der Waals surface area (Å²) in [4.78, 5) is 28.3. The molecule has 136 valence electrons. The van der Waals surface area contributed by atoms with E-state index < -0.39 is 0 Å². The molecule has 1 N–H and O–H groups in total. The Balaban J connectivity index is 1.42. The van der Waals surface area contributed by atoms with Crippen LogP contribution in [-0.4, -0.2) is 67.5 Å². The number of carbonyl (C=O) groups excluding carboxylic acids is 2. The Bertz CT molecular complexity index is 594. The van der Waals surface area contributed by atoms with Gasteiger partial charge in [0.1, 0.15) is 11.6 Å². The van der Waals surface area contributed by atoms with Crippen molar-refractivity contribution < 1.29 is 18.7 Å². The van der Waals surface area contributed by atoms with Crippen molar-refractivity contribution in [1.29, 1.82) is 0 Å². The number of rotatable bonds is 4. The number of carbonyl (C=O) groups is 2. The number of hydrogen-bond acceptors (Lipinski definition) is 4. The fourth-order valence-corrected chi connectivity index (χ4v) is 3.26. The van der Waals surface area contributed by atoms with Gasteiger partial charge in [-0.2, -0.15) is 0 Å². The van der Waals surface area contributed by atoms with Gasteiger partial charge in [0.25, 0.3) is 5.91 Å². The average Bonchev–Trinajstić information content (AvgIpc) is 2.67. The molecule has 2 saturated heterocycles. The molecule has 0 aliphatic carbocycles. The van der Waals surface area contributed by atoms with Gasteiger partial charge in [0.15, 0.2) is 6.61 Å². The van der Waals surface area contributed by atoms with Crippen LogP contribution in [0.2, 0.25) is 0 Å². The molecule has 3 rings (SSSR count). The third kappa shape index (κ3) is 4.69. The average molecular weight is 349 g/mol. The first-order chi connectivity index (χ1) is 12.1. The van der Waals surface area contributed by atoms with E-state index in [1.54, 1.807) is 4.90 Å². The van der Waals surface area contributed by atoms with Crippen molar-refractivity contribution in [3.05, 3.63) is 30.1 Å². The third-order valence-corrected chi connectivity index (χ3v) is 4.77. The molecule has 7 heteroatoms. The minimum absolute atomic E-state index is 0.0674. The first kappa shape index (κ1) is 17.7. The maximum absolute atomic E-state index is 12.8. The lowest BCUT2D eigenvalue weighted by Gasteiger charge is -2.37. The van der Waals surface area contributed by atoms with E-state index >= 15 is 0 Å². The van der Waals surface area contributed by atoms with Gasteiger partial charge in [0.2, 0.25) is 5.91 Å². The van der Waals surface area contributed by atoms with Crippen molar-refractivity contribution in [2.45, 2.75) is 12.8 Å². The summed E-state index contributed by atoms with van der Waals surface area (Å²) in [5.41, 5.74) is 0. The predicted octanol–water partition coefficient (Wildman–Crippen LogP) is 0.875. The lowest BCUT2D eigenvalue weighted by Crippen LogP contribution is -2.54. The van der Waals surface area contributed by atoms with Crippen LogP contribution >= 0.6 is 0 Å². The highest BCUT2D eigenvalue weighted by Gasteiger charge is 2.29. The fourth-order valence-electron chi connectivity index (χ4n) is 3.26. The van der Waals surface area contributed by atoms with Crippen LogP contribution in [0, 0.1) is 11.7 Å². The monoisotopic (exact) mass is 349 g/mol. The summed E-state index contributed by atoms with van der Waals surface area (Å²) >= 11 is 0. The highest BCUT2D eigenvalue weighted by molar-refractivity contribution is 5.80. The summed E-state index contributed by atoms with van der Waals surface area (Å²) in [6.07, 6.45) is 1.98. The van der Waals surface area contributed by atoms with Gasteiger partial charge < -0.3 is 19.9 Å². The molecule has 2 fully saturated rings. The molecular formula is C18H24FN3O3. The number of benzene rings is 1. The summed E-state index contributed by atoms with van der Waals surface area (Å²) in [6, 6.07) is 5.59. The summed E-state index contributed by atoms with van der Waals surface area (Å²) in [7, 11) is 0. The molecule has 0 bridgehead atoms. The SMILES string of the molecule is O=C(COc1ccc(F)cc1)N1CCN(C(=O)C2CCCNC2)CC1. The largest absolute Gasteiger partial charge is 0.484 e. The molecule has 1 aromatic carbocycles. The van der Waals surface area contributed by atoms with Crippen molar-refractivity contribution >= 4 is 11.8 Å². The van der Waals surface area contributed by atoms with Crippen molar-refractivity contribution in [3.63, 3.8) is 0 Å². The van der Waals surface area contributed by atoms with Gasteiger partial charge in [0, 0.05) is 32.7 Å². The van der Waals surface area contributed by atoms with Crippen LogP contribution in [0.3, 0.4) is 0 Å². The molecular weight excluding hydrogens is 325 g/mol. The Morgan fingerprint density at radius 2 is 1.80 bits per heavy atom. The van der Waals surface area contributed by atoms with Crippen molar-refractivity contribution in [2.24, 2.45) is 5.92 Å². The van der Waals surface area contributed by atoms with Crippen LogP contribution in [0.4, 0.5) is 4.39 Å². The quantitative estimate of drug-likeness (QED) is 0.876. The molecule has 2 amide bonds. The molecule has 0 spiro atoms. The molecule has 0 aromatic heterocycles. The Kier molecular flexibility index (Phi) is 5.86. The Hall–Kier alpha value is -2.15. The summed E-state index contributed by atoms with van der Waals surface area (Å²) in [6.45, 7) is 3.85. The summed E-state index contributed by atoms with van der Waals surface area (Å²) < 4.78 is 18.2. The van der Waals surface area contributed by atoms with Crippen LogP contribution in [0.5, 0.6) is 5.75 Å². The molecule has 1 atom stereocenters. The molecule has 2 aliphatic heterocycles. The van der Waals surface area contributed by atoms with Crippen molar-refractivity contribution in [2.75, 3.05) is 45.9 Å². The minimum atomic E-state index is -0.340. The van der Waals surface area contributed by atoms with E-state index in [-0.39, 0.29) is 30.2 Å². The molecule has 0 radical (unpaired) electrons. The smallest absolute Gasteiger partial charge is 0.260 e. The van der Waals surface area contributed by atoms with Gasteiger partial charge in [-0.1, -0.05) is 0 Å². The van der Waals surface area contributed by atoms with Crippen LogP contribution in [0.25, 0.3) is 0 Å². The number of nitrogens with zero attached hydrogens (tertiary/aromatic N) is 2. The zero-order chi connectivity index (χ0) is 17.6. The fraction of sp³-hybridized carbons (Fsp3) is 0.556. The normalized spacial score (nSPS) is 21.1. The molecule has 2 aliphatic rings. The Labute approximate surface area is 146 Å². The number of ether oxygens (including phenoxy) is 1. The highest BCUT2D eigenvalue weighted by Crippen LogP contribution is 2.15. The van der Waals surface area contributed by atoms with E-state index in [0.717, 1.165) is 25.9 Å². The maximum Gasteiger partial charge on any atom is 0.260 e. The number of piperidine rings is 1. The van der Waals surface area contributed by atoms with E-state index in [1.165, 1.54) is 24.3 Å². The molecule has 1 aromatic rings. The van der Waals surface area contributed by atoms with E-state index in [0.29, 0.717) is 31.9 Å². The summed E-state index contributed by atoms with van der Waals surface area (Å²) in [5, 5.41) is 3.27. The first-order valence-electron chi connectivity index (χ1n) is 8.79. The van der Waals surface area contributed by atoms with E-state index in [4.69, 9.17) is 4.74 Å². The van der Waals surface area contributed by atoms with Gasteiger partial charge in [-0.05, 0) is 43.7 Å². The zero-order valence-electron chi connectivity index (χ0n) is 14.2. The standard InChI is InChI=1S/C18H24FN3O3/c19-15-3-5-16(6-4-15)25-13-17(23)21-8-10-22(11-9-21)18(24)14-2-1-7-20-12-14/h3-6,14,20H,1-2,7-13H2. The van der Waals surface area contributed by atoms with Gasteiger partial charge in [-0.25, -0.2) is 4.39 Å². The molecule has 6 nitrogen and oxygen atoms in total. The number of amides is 2. The van der Waals surface area contributed by atoms with Crippen LogP contribution in [0.15, 0.2) is 24.3 Å². The highest BCUT2D eigenvalue weighted by atomic mass is 19.1. The Morgan fingerprint density at radius 3 is 2.44 bits per heavy atom. The van der Waals surface area contributed by atoms with Gasteiger partial charge in [0.05, 0.1) is 5.92 Å². The molecule has 1 unspecified atom stereocenters. The van der Waals surface area contributed by atoms with E-state index in [1.807, 2.05) is 4.90 Å². The van der Waals surface area contributed by atoms with Crippen molar-refractivity contribution in [1.82, 2.24) is 15.1 Å². The van der Waals surface area contributed by atoms with Gasteiger partial charge >= 0.3 is 0 Å². The van der Waals surface area contributed by atoms with Crippen LogP contribution in [0.1, 0.15) is 12.8 Å². The second-order valence-electron chi connectivity index (χ2n) is 6.49. The topological polar surface area (TPSA) is 61.9 Å². The van der Waals surface area contributed by atoms with Crippen molar-refractivity contribution in [3.8, 4) is 5.75 Å². The predicted molar refractivity (Wildman–Crippen MR) is 90.6 cm³/mol. The van der Waals surface area contributed by atoms with Crippen LogP contribution < -0.4 is 10.1 Å². The van der Waals surface area contributed by atoms with E-state index in [9.17, 15) is 14.0 Å². The maximum atomic E-state index is 12.8. The number of hydrogen-bond donors (Lipinski definition) is 1. The lowest BCUT2D eigenvalue weighted by atomic mass is 9.98. The number of piperazine rings is 1. The molecule has 25 heavy (non-hydrogen) atoms. The number of nitrogens with one attached hydrogen (secondary N) is 1. The second-order valence-corrected chi connectivity index (χ2v) is 6.49. The van der Waals surface area contributed by atoms with Gasteiger partial charge in [-0.15, -0.1) is 0 Å². The molecule has 0 saturated carbocycles. The van der Waals surface area contributed by atoms with E-state index in [2.05, 4.69) is 5.32 Å². The lowest BCUT2D eigenvalue weighted by molar-refractivity contribution is -0.143. The zero-order valence-corrected chi connectivity index (χ0v) is 14.2. The number of halogens is 1. The first-order valence-corrected chi connectivity index (χ1v) is 8.79. The minimum Gasteiger partial charge on any atom is -0.484 e. The van der Waals surface area contributed by atoms with Gasteiger partial charge in [-0.3, -0.25) is 9.59 Å². The summed E-state index contributed by atoms with van der Waals surface area (Å²) in [5.74, 6) is 0.274. The molecule has 2 heterocycles. The third-order valence-electron chi connectivity index (χ3n) is 4.77.